The van der Waals surface area contributed by atoms with Crippen molar-refractivity contribution in [3.05, 3.63) is 29.3 Å². The van der Waals surface area contributed by atoms with Gasteiger partial charge in [0, 0.05) is 42.8 Å². The summed E-state index contributed by atoms with van der Waals surface area (Å²) in [6, 6.07) is 6.38. The Kier molecular flexibility index (Phi) is 5.77. The van der Waals surface area contributed by atoms with Crippen molar-refractivity contribution in [3.8, 4) is 0 Å². The summed E-state index contributed by atoms with van der Waals surface area (Å²) in [6.45, 7) is 10.1. The number of nitrogens with one attached hydrogen (secondary N) is 2. The largest absolute Gasteiger partial charge is 0.351 e. The second-order valence-electron chi connectivity index (χ2n) is 6.60. The molecule has 1 aliphatic rings. The van der Waals surface area contributed by atoms with Crippen LogP contribution in [0.25, 0.3) is 0 Å². The van der Waals surface area contributed by atoms with Crippen molar-refractivity contribution < 1.29 is 9.59 Å². The zero-order valence-electron chi connectivity index (χ0n) is 14.5. The lowest BCUT2D eigenvalue weighted by molar-refractivity contribution is -0.116. The standard InChI is InChI=1S/C18H27N3O2/c1-12(2)21(13(3)4)10-9-19-18(23)15-5-7-16-14(11-15)6-8-17(22)20-16/h5,7,11-13H,6,8-10H2,1-4H3,(H,19,23)(H,20,22). The Morgan fingerprint density at radius 1 is 1.22 bits per heavy atom. The van der Waals surface area contributed by atoms with E-state index in [1.807, 2.05) is 12.1 Å². The van der Waals surface area contributed by atoms with E-state index in [-0.39, 0.29) is 11.8 Å². The molecule has 2 rings (SSSR count). The number of nitrogens with zero attached hydrogens (tertiary/aromatic N) is 1. The van der Waals surface area contributed by atoms with Crippen LogP contribution in [-0.4, -0.2) is 41.9 Å². The highest BCUT2D eigenvalue weighted by atomic mass is 16.2. The molecule has 0 unspecified atom stereocenters. The quantitative estimate of drug-likeness (QED) is 0.847. The van der Waals surface area contributed by atoms with Gasteiger partial charge in [-0.2, -0.15) is 0 Å². The molecule has 0 aromatic heterocycles. The zero-order valence-corrected chi connectivity index (χ0v) is 14.5. The molecular formula is C18H27N3O2. The number of benzene rings is 1. The third-order valence-electron chi connectivity index (χ3n) is 4.25. The molecule has 5 heteroatoms. The lowest BCUT2D eigenvalue weighted by Gasteiger charge is -2.30. The highest BCUT2D eigenvalue weighted by molar-refractivity contribution is 5.97. The van der Waals surface area contributed by atoms with Crippen LogP contribution in [0.4, 0.5) is 5.69 Å². The summed E-state index contributed by atoms with van der Waals surface area (Å²) >= 11 is 0. The van der Waals surface area contributed by atoms with Crippen LogP contribution in [0.2, 0.25) is 0 Å². The van der Waals surface area contributed by atoms with Gasteiger partial charge in [0.1, 0.15) is 0 Å². The number of amides is 2. The third-order valence-corrected chi connectivity index (χ3v) is 4.25. The number of carbonyl (C=O) groups excluding carboxylic acids is 2. The predicted octanol–water partition coefficient (Wildman–Crippen LogP) is 2.42. The Hall–Kier alpha value is -1.88. The molecule has 2 amide bonds. The molecule has 0 saturated carbocycles. The maximum Gasteiger partial charge on any atom is 0.251 e. The first-order valence-corrected chi connectivity index (χ1v) is 8.35. The van der Waals surface area contributed by atoms with Gasteiger partial charge >= 0.3 is 0 Å². The monoisotopic (exact) mass is 317 g/mol. The fourth-order valence-corrected chi connectivity index (χ4v) is 3.04. The summed E-state index contributed by atoms with van der Waals surface area (Å²) in [6.07, 6.45) is 1.17. The Morgan fingerprint density at radius 3 is 2.57 bits per heavy atom. The molecule has 0 atom stereocenters. The molecule has 126 valence electrons. The first-order valence-electron chi connectivity index (χ1n) is 8.35. The first kappa shape index (κ1) is 17.5. The topological polar surface area (TPSA) is 61.4 Å². The van der Waals surface area contributed by atoms with E-state index in [0.29, 0.717) is 37.0 Å². The fourth-order valence-electron chi connectivity index (χ4n) is 3.04. The molecule has 0 aliphatic carbocycles. The van der Waals surface area contributed by atoms with Gasteiger partial charge in [0.15, 0.2) is 0 Å². The second kappa shape index (κ2) is 7.59. The summed E-state index contributed by atoms with van der Waals surface area (Å²) in [5.41, 5.74) is 2.51. The van der Waals surface area contributed by atoms with Gasteiger partial charge in [-0.05, 0) is 57.9 Å². The maximum atomic E-state index is 12.3. The van der Waals surface area contributed by atoms with Crippen molar-refractivity contribution in [3.63, 3.8) is 0 Å². The summed E-state index contributed by atoms with van der Waals surface area (Å²) in [7, 11) is 0. The number of anilines is 1. The molecule has 1 heterocycles. The van der Waals surface area contributed by atoms with E-state index < -0.39 is 0 Å². The highest BCUT2D eigenvalue weighted by Crippen LogP contribution is 2.23. The summed E-state index contributed by atoms with van der Waals surface area (Å²) in [4.78, 5) is 26.0. The molecular weight excluding hydrogens is 290 g/mol. The third kappa shape index (κ3) is 4.55. The molecule has 0 saturated heterocycles. The van der Waals surface area contributed by atoms with Crippen LogP contribution in [0.3, 0.4) is 0 Å². The fraction of sp³-hybridized carbons (Fsp3) is 0.556. The number of hydrogen-bond acceptors (Lipinski definition) is 3. The molecule has 1 aliphatic heterocycles. The summed E-state index contributed by atoms with van der Waals surface area (Å²) < 4.78 is 0. The van der Waals surface area contributed by atoms with Gasteiger partial charge in [-0.1, -0.05) is 0 Å². The van der Waals surface area contributed by atoms with Crippen LogP contribution < -0.4 is 10.6 Å². The average Bonchev–Trinajstić information content (AvgIpc) is 2.49. The lowest BCUT2D eigenvalue weighted by atomic mass is 10.00. The van der Waals surface area contributed by atoms with Crippen molar-refractivity contribution in [2.24, 2.45) is 0 Å². The summed E-state index contributed by atoms with van der Waals surface area (Å²) in [5, 5.41) is 5.82. The van der Waals surface area contributed by atoms with Crippen LogP contribution in [0.15, 0.2) is 18.2 Å². The van der Waals surface area contributed by atoms with E-state index >= 15 is 0 Å². The lowest BCUT2D eigenvalue weighted by Crippen LogP contribution is -2.42. The van der Waals surface area contributed by atoms with Gasteiger partial charge in [-0.15, -0.1) is 0 Å². The Morgan fingerprint density at radius 2 is 1.91 bits per heavy atom. The van der Waals surface area contributed by atoms with Gasteiger partial charge < -0.3 is 10.6 Å². The van der Waals surface area contributed by atoms with Gasteiger partial charge in [-0.25, -0.2) is 0 Å². The van der Waals surface area contributed by atoms with Crippen molar-refractivity contribution in [1.82, 2.24) is 10.2 Å². The van der Waals surface area contributed by atoms with Crippen LogP contribution >= 0.6 is 0 Å². The Labute approximate surface area is 138 Å². The van der Waals surface area contributed by atoms with E-state index in [2.05, 4.69) is 43.2 Å². The van der Waals surface area contributed by atoms with Crippen LogP contribution in [0.5, 0.6) is 0 Å². The normalized spacial score (nSPS) is 14.1. The molecule has 23 heavy (non-hydrogen) atoms. The van der Waals surface area contributed by atoms with Crippen molar-refractivity contribution in [2.45, 2.75) is 52.6 Å². The van der Waals surface area contributed by atoms with E-state index in [1.165, 1.54) is 0 Å². The SMILES string of the molecule is CC(C)N(CCNC(=O)c1ccc2c(c1)CCC(=O)N2)C(C)C. The van der Waals surface area contributed by atoms with Crippen LogP contribution in [-0.2, 0) is 11.2 Å². The second-order valence-corrected chi connectivity index (χ2v) is 6.60. The first-order chi connectivity index (χ1) is 10.9. The van der Waals surface area contributed by atoms with Crippen LogP contribution in [0.1, 0.15) is 50.0 Å². The minimum absolute atomic E-state index is 0.0390. The molecule has 1 aromatic carbocycles. The molecule has 0 radical (unpaired) electrons. The average molecular weight is 317 g/mol. The molecule has 5 nitrogen and oxygen atoms in total. The number of hydrogen-bond donors (Lipinski definition) is 2. The van der Waals surface area contributed by atoms with Crippen molar-refractivity contribution in [1.29, 1.82) is 0 Å². The highest BCUT2D eigenvalue weighted by Gasteiger charge is 2.17. The molecule has 2 N–H and O–H groups in total. The number of rotatable bonds is 6. The number of carbonyl (C=O) groups is 2. The maximum absolute atomic E-state index is 12.3. The zero-order chi connectivity index (χ0) is 17.0. The minimum Gasteiger partial charge on any atom is -0.351 e. The molecule has 1 aromatic rings. The number of aryl methyl sites for hydroxylation is 1. The minimum atomic E-state index is -0.0582. The Bertz CT molecular complexity index is 574. The van der Waals surface area contributed by atoms with Gasteiger partial charge in [-0.3, -0.25) is 14.5 Å². The van der Waals surface area contributed by atoms with Crippen LogP contribution in [0, 0.1) is 0 Å². The Balaban J connectivity index is 1.92. The van der Waals surface area contributed by atoms with Gasteiger partial charge in [0.2, 0.25) is 5.91 Å². The van der Waals surface area contributed by atoms with E-state index in [0.717, 1.165) is 17.8 Å². The van der Waals surface area contributed by atoms with E-state index in [9.17, 15) is 9.59 Å². The van der Waals surface area contributed by atoms with Crippen molar-refractivity contribution in [2.75, 3.05) is 18.4 Å². The predicted molar refractivity (Wildman–Crippen MR) is 92.7 cm³/mol. The van der Waals surface area contributed by atoms with Gasteiger partial charge in [0.25, 0.3) is 5.91 Å². The van der Waals surface area contributed by atoms with Crippen molar-refractivity contribution >= 4 is 17.5 Å². The summed E-state index contributed by atoms with van der Waals surface area (Å²) in [5.74, 6) is -0.0191. The molecule has 0 fully saturated rings. The molecule has 0 bridgehead atoms. The van der Waals surface area contributed by atoms with E-state index in [1.54, 1.807) is 6.07 Å². The smallest absolute Gasteiger partial charge is 0.251 e. The van der Waals surface area contributed by atoms with E-state index in [4.69, 9.17) is 0 Å². The van der Waals surface area contributed by atoms with Gasteiger partial charge in [0.05, 0.1) is 0 Å². The number of fused-ring (bicyclic) bond motifs is 1. The molecule has 0 spiro atoms.